The summed E-state index contributed by atoms with van der Waals surface area (Å²) in [5.74, 6) is 0.644. The lowest BCUT2D eigenvalue weighted by Crippen LogP contribution is -2.15. The smallest absolute Gasteiger partial charge is 0.255 e. The van der Waals surface area contributed by atoms with Crippen molar-refractivity contribution in [3.63, 3.8) is 0 Å². The van der Waals surface area contributed by atoms with E-state index in [1.54, 1.807) is 7.11 Å². The molecule has 3 aromatic rings. The molecule has 0 fully saturated rings. The fraction of sp³-hybridized carbons (Fsp3) is 0.136. The maximum atomic E-state index is 12.7. The SMILES string of the molecule is COc1ccc(Nc2ccccc2NC(=O)c2cccc(N(C)C)c2)cc1. The van der Waals surface area contributed by atoms with Gasteiger partial charge in [-0.05, 0) is 54.6 Å². The van der Waals surface area contributed by atoms with Crippen LogP contribution in [0.25, 0.3) is 0 Å². The molecule has 27 heavy (non-hydrogen) atoms. The van der Waals surface area contributed by atoms with Crippen molar-refractivity contribution in [3.8, 4) is 5.75 Å². The molecule has 0 atom stereocenters. The van der Waals surface area contributed by atoms with E-state index in [4.69, 9.17) is 4.74 Å². The Labute approximate surface area is 159 Å². The van der Waals surface area contributed by atoms with Crippen molar-refractivity contribution in [3.05, 3.63) is 78.4 Å². The van der Waals surface area contributed by atoms with Gasteiger partial charge in [0.05, 0.1) is 18.5 Å². The predicted octanol–water partition coefficient (Wildman–Crippen LogP) is 4.76. The van der Waals surface area contributed by atoms with Crippen molar-refractivity contribution in [2.75, 3.05) is 36.7 Å². The van der Waals surface area contributed by atoms with Gasteiger partial charge in [-0.1, -0.05) is 18.2 Å². The fourth-order valence-corrected chi connectivity index (χ4v) is 2.65. The number of para-hydroxylation sites is 2. The van der Waals surface area contributed by atoms with Gasteiger partial charge in [0.1, 0.15) is 5.75 Å². The van der Waals surface area contributed by atoms with E-state index in [1.165, 1.54) is 0 Å². The molecule has 2 N–H and O–H groups in total. The van der Waals surface area contributed by atoms with Gasteiger partial charge in [0.15, 0.2) is 0 Å². The zero-order valence-corrected chi connectivity index (χ0v) is 15.7. The first-order valence-corrected chi connectivity index (χ1v) is 8.65. The molecule has 0 spiro atoms. The van der Waals surface area contributed by atoms with Gasteiger partial charge in [0.25, 0.3) is 5.91 Å². The van der Waals surface area contributed by atoms with Crippen LogP contribution in [-0.2, 0) is 0 Å². The Morgan fingerprint density at radius 3 is 2.26 bits per heavy atom. The van der Waals surface area contributed by atoms with Crippen molar-refractivity contribution >= 4 is 28.7 Å². The molecule has 0 aliphatic rings. The van der Waals surface area contributed by atoms with Gasteiger partial charge in [0, 0.05) is 31.0 Å². The molecule has 0 aliphatic carbocycles. The summed E-state index contributed by atoms with van der Waals surface area (Å²) >= 11 is 0. The summed E-state index contributed by atoms with van der Waals surface area (Å²) in [6, 6.07) is 22.8. The van der Waals surface area contributed by atoms with Crippen molar-refractivity contribution in [2.45, 2.75) is 0 Å². The summed E-state index contributed by atoms with van der Waals surface area (Å²) in [5.41, 5.74) is 4.04. The Morgan fingerprint density at radius 1 is 0.889 bits per heavy atom. The van der Waals surface area contributed by atoms with E-state index < -0.39 is 0 Å². The topological polar surface area (TPSA) is 53.6 Å². The zero-order valence-electron chi connectivity index (χ0n) is 15.7. The fourth-order valence-electron chi connectivity index (χ4n) is 2.65. The molecule has 3 aromatic carbocycles. The van der Waals surface area contributed by atoms with E-state index >= 15 is 0 Å². The van der Waals surface area contributed by atoms with Gasteiger partial charge < -0.3 is 20.3 Å². The number of amides is 1. The van der Waals surface area contributed by atoms with Crippen LogP contribution in [0.1, 0.15) is 10.4 Å². The zero-order chi connectivity index (χ0) is 19.2. The van der Waals surface area contributed by atoms with Crippen molar-refractivity contribution in [2.24, 2.45) is 0 Å². The number of nitrogens with zero attached hydrogens (tertiary/aromatic N) is 1. The molecule has 0 radical (unpaired) electrons. The third kappa shape index (κ3) is 4.58. The molecule has 0 heterocycles. The third-order valence-electron chi connectivity index (χ3n) is 4.17. The molecule has 3 rings (SSSR count). The van der Waals surface area contributed by atoms with Gasteiger partial charge >= 0.3 is 0 Å². The number of benzene rings is 3. The summed E-state index contributed by atoms with van der Waals surface area (Å²) < 4.78 is 5.18. The Kier molecular flexibility index (Phi) is 5.61. The minimum atomic E-state index is -0.150. The maximum Gasteiger partial charge on any atom is 0.255 e. The number of nitrogens with one attached hydrogen (secondary N) is 2. The average Bonchev–Trinajstić information content (AvgIpc) is 2.70. The van der Waals surface area contributed by atoms with Crippen LogP contribution in [0.15, 0.2) is 72.8 Å². The van der Waals surface area contributed by atoms with Crippen LogP contribution in [0.4, 0.5) is 22.7 Å². The molecule has 0 saturated carbocycles. The molecule has 0 saturated heterocycles. The Bertz CT molecular complexity index is 921. The lowest BCUT2D eigenvalue weighted by molar-refractivity contribution is 0.102. The van der Waals surface area contributed by atoms with Gasteiger partial charge in [-0.2, -0.15) is 0 Å². The molecule has 5 nitrogen and oxygen atoms in total. The molecular formula is C22H23N3O2. The quantitative estimate of drug-likeness (QED) is 0.665. The standard InChI is InChI=1S/C22H23N3O2/c1-25(2)18-8-6-7-16(15-18)22(26)24-21-10-5-4-9-20(21)23-17-11-13-19(27-3)14-12-17/h4-15,23H,1-3H3,(H,24,26). The lowest BCUT2D eigenvalue weighted by atomic mass is 10.1. The maximum absolute atomic E-state index is 12.7. The highest BCUT2D eigenvalue weighted by atomic mass is 16.5. The van der Waals surface area contributed by atoms with Crippen molar-refractivity contribution in [1.29, 1.82) is 0 Å². The number of rotatable bonds is 6. The monoisotopic (exact) mass is 361 g/mol. The van der Waals surface area contributed by atoms with E-state index in [1.807, 2.05) is 91.8 Å². The summed E-state index contributed by atoms with van der Waals surface area (Å²) in [6.45, 7) is 0. The van der Waals surface area contributed by atoms with Gasteiger partial charge in [0.2, 0.25) is 0 Å². The first kappa shape index (κ1) is 18.3. The molecular weight excluding hydrogens is 338 g/mol. The van der Waals surface area contributed by atoms with Crippen molar-refractivity contribution in [1.82, 2.24) is 0 Å². The Hall–Kier alpha value is -3.47. The summed E-state index contributed by atoms with van der Waals surface area (Å²) in [6.07, 6.45) is 0. The molecule has 1 amide bonds. The predicted molar refractivity (Wildman–Crippen MR) is 111 cm³/mol. The van der Waals surface area contributed by atoms with Crippen LogP contribution in [0, 0.1) is 0 Å². The third-order valence-corrected chi connectivity index (χ3v) is 4.17. The second-order valence-corrected chi connectivity index (χ2v) is 6.30. The Balaban J connectivity index is 1.79. The normalized spacial score (nSPS) is 10.2. The summed E-state index contributed by atoms with van der Waals surface area (Å²) in [7, 11) is 5.54. The van der Waals surface area contributed by atoms with Gasteiger partial charge in [-0.15, -0.1) is 0 Å². The number of carbonyl (C=O) groups is 1. The molecule has 138 valence electrons. The number of hydrogen-bond donors (Lipinski definition) is 2. The van der Waals surface area contributed by atoms with Gasteiger partial charge in [-0.3, -0.25) is 4.79 Å². The summed E-state index contributed by atoms with van der Waals surface area (Å²) in [5, 5.41) is 6.32. The minimum Gasteiger partial charge on any atom is -0.497 e. The van der Waals surface area contributed by atoms with Crippen LogP contribution < -0.4 is 20.3 Å². The highest BCUT2D eigenvalue weighted by Gasteiger charge is 2.10. The highest BCUT2D eigenvalue weighted by Crippen LogP contribution is 2.27. The first-order valence-electron chi connectivity index (χ1n) is 8.65. The van der Waals surface area contributed by atoms with Crippen LogP contribution >= 0.6 is 0 Å². The Morgan fingerprint density at radius 2 is 1.59 bits per heavy atom. The van der Waals surface area contributed by atoms with Gasteiger partial charge in [-0.25, -0.2) is 0 Å². The van der Waals surface area contributed by atoms with Crippen molar-refractivity contribution < 1.29 is 9.53 Å². The van der Waals surface area contributed by atoms with Crippen LogP contribution in [0.2, 0.25) is 0 Å². The largest absolute Gasteiger partial charge is 0.497 e. The summed E-state index contributed by atoms with van der Waals surface area (Å²) in [4.78, 5) is 14.7. The molecule has 5 heteroatoms. The highest BCUT2D eigenvalue weighted by molar-refractivity contribution is 6.06. The van der Waals surface area contributed by atoms with Crippen LogP contribution in [0.3, 0.4) is 0 Å². The number of carbonyl (C=O) groups excluding carboxylic acids is 1. The number of hydrogen-bond acceptors (Lipinski definition) is 4. The minimum absolute atomic E-state index is 0.150. The number of ether oxygens (including phenoxy) is 1. The van der Waals surface area contributed by atoms with E-state index in [0.29, 0.717) is 11.3 Å². The average molecular weight is 361 g/mol. The van der Waals surface area contributed by atoms with Crippen LogP contribution in [-0.4, -0.2) is 27.1 Å². The second-order valence-electron chi connectivity index (χ2n) is 6.30. The lowest BCUT2D eigenvalue weighted by Gasteiger charge is -2.15. The van der Waals surface area contributed by atoms with Crippen LogP contribution in [0.5, 0.6) is 5.75 Å². The molecule has 0 bridgehead atoms. The van der Waals surface area contributed by atoms with E-state index in [2.05, 4.69) is 10.6 Å². The second kappa shape index (κ2) is 8.27. The first-order chi connectivity index (χ1) is 13.1. The number of anilines is 4. The van der Waals surface area contributed by atoms with E-state index in [-0.39, 0.29) is 5.91 Å². The van der Waals surface area contributed by atoms with E-state index in [0.717, 1.165) is 22.8 Å². The number of methoxy groups -OCH3 is 1. The molecule has 0 unspecified atom stereocenters. The van der Waals surface area contributed by atoms with E-state index in [9.17, 15) is 4.79 Å². The molecule has 0 aliphatic heterocycles. The molecule has 0 aromatic heterocycles.